The van der Waals surface area contributed by atoms with Gasteiger partial charge in [0.1, 0.15) is 10.6 Å². The summed E-state index contributed by atoms with van der Waals surface area (Å²) in [6, 6.07) is 4.57. The summed E-state index contributed by atoms with van der Waals surface area (Å²) in [5.41, 5.74) is 0.517. The lowest BCUT2D eigenvalue weighted by Crippen LogP contribution is -2.32. The van der Waals surface area contributed by atoms with E-state index in [1.165, 1.54) is 19.2 Å². The highest BCUT2D eigenvalue weighted by atomic mass is 32.2. The molecular weight excluding hydrogens is 282 g/mol. The molecule has 1 heterocycles. The molecule has 1 atom stereocenters. The minimum atomic E-state index is -3.69. The van der Waals surface area contributed by atoms with Crippen molar-refractivity contribution in [3.8, 4) is 5.75 Å². The van der Waals surface area contributed by atoms with Crippen molar-refractivity contribution in [2.75, 3.05) is 20.3 Å². The van der Waals surface area contributed by atoms with Crippen LogP contribution in [0.25, 0.3) is 0 Å². The van der Waals surface area contributed by atoms with Gasteiger partial charge in [-0.15, -0.1) is 0 Å². The van der Waals surface area contributed by atoms with E-state index >= 15 is 0 Å². The van der Waals surface area contributed by atoms with E-state index in [0.717, 1.165) is 12.8 Å². The first-order valence-electron chi connectivity index (χ1n) is 6.46. The molecule has 20 heavy (non-hydrogen) atoms. The van der Waals surface area contributed by atoms with Crippen molar-refractivity contribution in [1.29, 1.82) is 0 Å². The zero-order valence-electron chi connectivity index (χ0n) is 11.3. The van der Waals surface area contributed by atoms with Gasteiger partial charge in [0.2, 0.25) is 10.0 Å². The monoisotopic (exact) mass is 301 g/mol. The van der Waals surface area contributed by atoms with Crippen molar-refractivity contribution in [2.45, 2.75) is 30.4 Å². The van der Waals surface area contributed by atoms with Crippen molar-refractivity contribution < 1.29 is 23.0 Å². The Morgan fingerprint density at radius 1 is 1.50 bits per heavy atom. The van der Waals surface area contributed by atoms with E-state index < -0.39 is 10.0 Å². The van der Waals surface area contributed by atoms with Crippen LogP contribution in [0.5, 0.6) is 5.75 Å². The van der Waals surface area contributed by atoms with Crippen LogP contribution in [0, 0.1) is 0 Å². The molecular formula is C13H19NO5S. The number of aliphatic hydroxyl groups excluding tert-OH is 1. The summed E-state index contributed by atoms with van der Waals surface area (Å²) in [7, 11) is -2.28. The number of aliphatic hydroxyl groups is 1. The Bertz CT molecular complexity index is 552. The number of benzene rings is 1. The number of ether oxygens (including phenoxy) is 2. The lowest BCUT2D eigenvalue weighted by Gasteiger charge is -2.14. The summed E-state index contributed by atoms with van der Waals surface area (Å²) in [5.74, 6) is 0.252. The van der Waals surface area contributed by atoms with Crippen LogP contribution in [-0.4, -0.2) is 39.9 Å². The summed E-state index contributed by atoms with van der Waals surface area (Å²) in [6.07, 6.45) is 1.74. The van der Waals surface area contributed by atoms with Gasteiger partial charge in [-0.2, -0.15) is 0 Å². The predicted molar refractivity (Wildman–Crippen MR) is 73.1 cm³/mol. The molecule has 0 bridgehead atoms. The van der Waals surface area contributed by atoms with Crippen molar-refractivity contribution in [2.24, 2.45) is 0 Å². The Morgan fingerprint density at radius 3 is 2.90 bits per heavy atom. The largest absolute Gasteiger partial charge is 0.495 e. The SMILES string of the molecule is COc1ccc(CO)cc1S(=O)(=O)NCC1CCCO1. The first kappa shape index (κ1) is 15.2. The predicted octanol–water partition coefficient (Wildman–Crippen LogP) is 0.645. The van der Waals surface area contributed by atoms with E-state index in [9.17, 15) is 8.42 Å². The fraction of sp³-hybridized carbons (Fsp3) is 0.538. The van der Waals surface area contributed by atoms with Gasteiger partial charge in [0, 0.05) is 13.2 Å². The number of nitrogens with one attached hydrogen (secondary N) is 1. The van der Waals surface area contributed by atoms with E-state index in [1.54, 1.807) is 6.07 Å². The third-order valence-electron chi connectivity index (χ3n) is 3.23. The topological polar surface area (TPSA) is 84.9 Å². The van der Waals surface area contributed by atoms with Crippen LogP contribution in [-0.2, 0) is 21.4 Å². The highest BCUT2D eigenvalue weighted by Crippen LogP contribution is 2.25. The van der Waals surface area contributed by atoms with Gasteiger partial charge < -0.3 is 14.6 Å². The molecule has 6 nitrogen and oxygen atoms in total. The van der Waals surface area contributed by atoms with Gasteiger partial charge in [0.25, 0.3) is 0 Å². The van der Waals surface area contributed by atoms with Crippen molar-refractivity contribution in [1.82, 2.24) is 4.72 Å². The van der Waals surface area contributed by atoms with Crippen molar-refractivity contribution in [3.63, 3.8) is 0 Å². The van der Waals surface area contributed by atoms with Crippen molar-refractivity contribution in [3.05, 3.63) is 23.8 Å². The number of hydrogen-bond acceptors (Lipinski definition) is 5. The van der Waals surface area contributed by atoms with Crippen LogP contribution in [0.2, 0.25) is 0 Å². The highest BCUT2D eigenvalue weighted by Gasteiger charge is 2.23. The molecule has 0 radical (unpaired) electrons. The molecule has 112 valence electrons. The summed E-state index contributed by atoms with van der Waals surface area (Å²) >= 11 is 0. The van der Waals surface area contributed by atoms with Gasteiger partial charge in [0.05, 0.1) is 19.8 Å². The third-order valence-corrected chi connectivity index (χ3v) is 4.67. The smallest absolute Gasteiger partial charge is 0.244 e. The van der Waals surface area contributed by atoms with Crippen LogP contribution in [0.4, 0.5) is 0 Å². The van der Waals surface area contributed by atoms with Gasteiger partial charge in [-0.05, 0) is 30.5 Å². The summed E-state index contributed by atoms with van der Waals surface area (Å²) in [4.78, 5) is 0.0320. The maximum atomic E-state index is 12.3. The molecule has 7 heteroatoms. The molecule has 0 aliphatic carbocycles. The Kier molecular flexibility index (Phi) is 4.98. The number of hydrogen-bond donors (Lipinski definition) is 2. The molecule has 1 aromatic rings. The lowest BCUT2D eigenvalue weighted by atomic mass is 10.2. The minimum absolute atomic E-state index is 0.0320. The van der Waals surface area contributed by atoms with Crippen LogP contribution in [0.15, 0.2) is 23.1 Å². The molecule has 1 fully saturated rings. The molecule has 1 saturated heterocycles. The van der Waals surface area contributed by atoms with Crippen LogP contribution < -0.4 is 9.46 Å². The third kappa shape index (κ3) is 3.49. The van der Waals surface area contributed by atoms with E-state index in [-0.39, 0.29) is 29.9 Å². The maximum absolute atomic E-state index is 12.3. The maximum Gasteiger partial charge on any atom is 0.244 e. The van der Waals surface area contributed by atoms with Crippen LogP contribution in [0.3, 0.4) is 0 Å². The molecule has 1 unspecified atom stereocenters. The first-order chi connectivity index (χ1) is 9.56. The van der Waals surface area contributed by atoms with Gasteiger partial charge >= 0.3 is 0 Å². The van der Waals surface area contributed by atoms with Gasteiger partial charge in [-0.3, -0.25) is 0 Å². The molecule has 1 aliphatic heterocycles. The fourth-order valence-corrected chi connectivity index (χ4v) is 3.40. The van der Waals surface area contributed by atoms with Gasteiger partial charge in [-0.1, -0.05) is 6.07 Å². The quantitative estimate of drug-likeness (QED) is 0.805. The van der Waals surface area contributed by atoms with Crippen LogP contribution in [0.1, 0.15) is 18.4 Å². The second kappa shape index (κ2) is 6.53. The highest BCUT2D eigenvalue weighted by molar-refractivity contribution is 7.89. The van der Waals surface area contributed by atoms with Crippen LogP contribution >= 0.6 is 0 Å². The first-order valence-corrected chi connectivity index (χ1v) is 7.94. The fourth-order valence-electron chi connectivity index (χ4n) is 2.12. The molecule has 0 amide bonds. The summed E-state index contributed by atoms with van der Waals surface area (Å²) < 4.78 is 37.6. The number of rotatable bonds is 6. The normalized spacial score (nSPS) is 19.2. The minimum Gasteiger partial charge on any atom is -0.495 e. The molecule has 0 aromatic heterocycles. The van der Waals surface area contributed by atoms with Gasteiger partial charge in [-0.25, -0.2) is 13.1 Å². The second-order valence-electron chi connectivity index (χ2n) is 4.63. The Hall–Kier alpha value is -1.15. The molecule has 2 rings (SSSR count). The Labute approximate surface area is 118 Å². The molecule has 2 N–H and O–H groups in total. The Morgan fingerprint density at radius 2 is 2.30 bits per heavy atom. The van der Waals surface area contributed by atoms with E-state index in [4.69, 9.17) is 14.6 Å². The lowest BCUT2D eigenvalue weighted by molar-refractivity contribution is 0.114. The standard InChI is InChI=1S/C13H19NO5S/c1-18-12-5-4-10(9-15)7-13(12)20(16,17)14-8-11-3-2-6-19-11/h4-5,7,11,14-15H,2-3,6,8-9H2,1H3. The molecule has 0 saturated carbocycles. The van der Waals surface area contributed by atoms with Crippen molar-refractivity contribution >= 4 is 10.0 Å². The molecule has 1 aliphatic rings. The van der Waals surface area contributed by atoms with E-state index in [0.29, 0.717) is 12.2 Å². The zero-order chi connectivity index (χ0) is 14.6. The average Bonchev–Trinajstić information content (AvgIpc) is 2.98. The zero-order valence-corrected chi connectivity index (χ0v) is 12.1. The summed E-state index contributed by atoms with van der Waals surface area (Å²) in [5, 5.41) is 9.12. The summed E-state index contributed by atoms with van der Waals surface area (Å²) in [6.45, 7) is 0.697. The van der Waals surface area contributed by atoms with Gasteiger partial charge in [0.15, 0.2) is 0 Å². The molecule has 0 spiro atoms. The van der Waals surface area contributed by atoms with E-state index in [1.807, 2.05) is 0 Å². The van der Waals surface area contributed by atoms with E-state index in [2.05, 4.69) is 4.72 Å². The Balaban J connectivity index is 2.18. The second-order valence-corrected chi connectivity index (χ2v) is 6.37. The molecule has 1 aromatic carbocycles. The average molecular weight is 301 g/mol. The number of methoxy groups -OCH3 is 1. The number of sulfonamides is 1.